The second-order valence-electron chi connectivity index (χ2n) is 3.09. The number of hydrogen-bond donors (Lipinski definition) is 1. The van der Waals surface area contributed by atoms with Crippen LogP contribution in [0.25, 0.3) is 15.9 Å². The lowest BCUT2D eigenvalue weighted by molar-refractivity contribution is 0.805. The van der Waals surface area contributed by atoms with Crippen molar-refractivity contribution in [2.75, 3.05) is 5.73 Å². The van der Waals surface area contributed by atoms with Crippen LogP contribution in [0, 0.1) is 0 Å². The molecule has 1 aromatic carbocycles. The highest BCUT2D eigenvalue weighted by Gasteiger charge is 2.02. The van der Waals surface area contributed by atoms with Gasteiger partial charge in [-0.15, -0.1) is 16.4 Å². The lowest BCUT2D eigenvalue weighted by atomic mass is 10.3. The van der Waals surface area contributed by atoms with Crippen LogP contribution in [-0.2, 0) is 0 Å². The molecule has 3 rings (SSSR count). The summed E-state index contributed by atoms with van der Waals surface area (Å²) in [6.07, 6.45) is 1.68. The molecule has 0 unspecified atom stereocenters. The van der Waals surface area contributed by atoms with E-state index in [9.17, 15) is 0 Å². The molecule has 2 N–H and O–H groups in total. The summed E-state index contributed by atoms with van der Waals surface area (Å²) in [7, 11) is 0. The molecule has 6 heteroatoms. The van der Waals surface area contributed by atoms with Crippen molar-refractivity contribution in [2.24, 2.45) is 0 Å². The molecule has 5 nitrogen and oxygen atoms in total. The van der Waals surface area contributed by atoms with Gasteiger partial charge in [-0.2, -0.15) is 0 Å². The van der Waals surface area contributed by atoms with Crippen LogP contribution in [0.1, 0.15) is 0 Å². The van der Waals surface area contributed by atoms with E-state index in [1.807, 2.05) is 23.7 Å². The maximum absolute atomic E-state index is 5.50. The lowest BCUT2D eigenvalue weighted by Gasteiger charge is -1.98. The molecule has 0 aliphatic heterocycles. The van der Waals surface area contributed by atoms with Gasteiger partial charge in [-0.05, 0) is 18.2 Å². The smallest absolute Gasteiger partial charge is 0.166 e. The predicted octanol–water partition coefficient (Wildman–Crippen LogP) is 1.46. The number of hydrogen-bond acceptors (Lipinski definition) is 5. The Morgan fingerprint density at radius 3 is 3.07 bits per heavy atom. The third-order valence-electron chi connectivity index (χ3n) is 2.09. The molecule has 15 heavy (non-hydrogen) atoms. The normalized spacial score (nSPS) is 10.9. The molecule has 0 bridgehead atoms. The van der Waals surface area contributed by atoms with Gasteiger partial charge in [0.2, 0.25) is 0 Å². The summed E-state index contributed by atoms with van der Waals surface area (Å²) in [4.78, 5) is 4.21. The van der Waals surface area contributed by atoms with E-state index in [4.69, 9.17) is 5.73 Å². The second-order valence-corrected chi connectivity index (χ2v) is 3.98. The Labute approximate surface area is 89.2 Å². The Bertz CT molecular complexity index is 612. The molecular weight excluding hydrogens is 210 g/mol. The quantitative estimate of drug-likeness (QED) is 0.670. The number of nitrogens with two attached hydrogens (primary N) is 1. The summed E-state index contributed by atoms with van der Waals surface area (Å²) in [6, 6.07) is 5.91. The van der Waals surface area contributed by atoms with E-state index < -0.39 is 0 Å². The summed E-state index contributed by atoms with van der Waals surface area (Å²) < 4.78 is 2.77. The molecular formula is C9H7N5S. The largest absolute Gasteiger partial charge is 0.381 e. The molecule has 0 aliphatic rings. The fourth-order valence-electron chi connectivity index (χ4n) is 1.39. The zero-order chi connectivity index (χ0) is 10.3. The van der Waals surface area contributed by atoms with Crippen molar-refractivity contribution in [3.8, 4) is 5.69 Å². The van der Waals surface area contributed by atoms with E-state index in [0.29, 0.717) is 5.82 Å². The number of aromatic nitrogens is 4. The van der Waals surface area contributed by atoms with Gasteiger partial charge in [0.15, 0.2) is 5.82 Å². The molecule has 0 aliphatic carbocycles. The summed E-state index contributed by atoms with van der Waals surface area (Å²) in [5.74, 6) is 0.416. The summed E-state index contributed by atoms with van der Waals surface area (Å²) in [5.41, 5.74) is 9.27. The van der Waals surface area contributed by atoms with Crippen molar-refractivity contribution in [2.45, 2.75) is 0 Å². The molecule has 0 spiro atoms. The van der Waals surface area contributed by atoms with E-state index in [1.165, 1.54) is 0 Å². The summed E-state index contributed by atoms with van der Waals surface area (Å²) >= 11 is 1.60. The van der Waals surface area contributed by atoms with E-state index in [1.54, 1.807) is 22.2 Å². The first-order chi connectivity index (χ1) is 7.33. The first kappa shape index (κ1) is 8.37. The van der Waals surface area contributed by atoms with Crippen molar-refractivity contribution >= 4 is 27.4 Å². The zero-order valence-electron chi connectivity index (χ0n) is 7.66. The topological polar surface area (TPSA) is 69.6 Å². The number of benzene rings is 1. The van der Waals surface area contributed by atoms with Crippen LogP contribution >= 0.6 is 11.3 Å². The molecule has 0 radical (unpaired) electrons. The van der Waals surface area contributed by atoms with Gasteiger partial charge >= 0.3 is 0 Å². The number of thiazole rings is 1. The van der Waals surface area contributed by atoms with Gasteiger partial charge in [-0.25, -0.2) is 9.67 Å². The molecule has 2 aromatic heterocycles. The Balaban J connectivity index is 2.18. The SMILES string of the molecule is Nc1cn(-c2ccc3ncsc3c2)nn1. The minimum absolute atomic E-state index is 0.416. The number of nitrogen functional groups attached to an aromatic ring is 1. The Hall–Kier alpha value is -1.95. The summed E-state index contributed by atoms with van der Waals surface area (Å²) in [6.45, 7) is 0. The minimum Gasteiger partial charge on any atom is -0.381 e. The van der Waals surface area contributed by atoms with Crippen molar-refractivity contribution in [1.29, 1.82) is 0 Å². The molecule has 0 saturated carbocycles. The molecule has 0 fully saturated rings. The average Bonchev–Trinajstić information content (AvgIpc) is 2.84. The van der Waals surface area contributed by atoms with E-state index in [0.717, 1.165) is 15.9 Å². The van der Waals surface area contributed by atoms with Crippen molar-refractivity contribution in [3.05, 3.63) is 29.9 Å². The summed E-state index contributed by atoms with van der Waals surface area (Å²) in [5, 5.41) is 7.64. The van der Waals surface area contributed by atoms with Crippen LogP contribution in [-0.4, -0.2) is 20.0 Å². The molecule has 0 saturated heterocycles. The number of nitrogens with zero attached hydrogens (tertiary/aromatic N) is 4. The lowest BCUT2D eigenvalue weighted by Crippen LogP contribution is -1.93. The van der Waals surface area contributed by atoms with Crippen LogP contribution in [0.5, 0.6) is 0 Å². The fourth-order valence-corrected chi connectivity index (χ4v) is 2.10. The van der Waals surface area contributed by atoms with Gasteiger partial charge < -0.3 is 5.73 Å². The maximum atomic E-state index is 5.50. The fraction of sp³-hybridized carbons (Fsp3) is 0. The van der Waals surface area contributed by atoms with Crippen molar-refractivity contribution in [1.82, 2.24) is 20.0 Å². The van der Waals surface area contributed by atoms with Crippen LogP contribution in [0.3, 0.4) is 0 Å². The third-order valence-corrected chi connectivity index (χ3v) is 2.88. The van der Waals surface area contributed by atoms with E-state index in [2.05, 4.69) is 15.3 Å². The minimum atomic E-state index is 0.416. The first-order valence-corrected chi connectivity index (χ1v) is 5.22. The van der Waals surface area contributed by atoms with Gasteiger partial charge in [0.05, 0.1) is 27.6 Å². The van der Waals surface area contributed by atoms with Crippen LogP contribution < -0.4 is 5.73 Å². The molecule has 74 valence electrons. The number of rotatable bonds is 1. The van der Waals surface area contributed by atoms with Gasteiger partial charge in [0.25, 0.3) is 0 Å². The van der Waals surface area contributed by atoms with Crippen molar-refractivity contribution < 1.29 is 0 Å². The highest BCUT2D eigenvalue weighted by molar-refractivity contribution is 7.16. The van der Waals surface area contributed by atoms with Gasteiger partial charge in [-0.3, -0.25) is 0 Å². The van der Waals surface area contributed by atoms with E-state index in [-0.39, 0.29) is 0 Å². The molecule has 2 heterocycles. The second kappa shape index (κ2) is 3.03. The first-order valence-electron chi connectivity index (χ1n) is 4.34. The van der Waals surface area contributed by atoms with Crippen LogP contribution in [0.2, 0.25) is 0 Å². The van der Waals surface area contributed by atoms with Gasteiger partial charge in [0, 0.05) is 0 Å². The Morgan fingerprint density at radius 1 is 1.33 bits per heavy atom. The number of anilines is 1. The van der Waals surface area contributed by atoms with Gasteiger partial charge in [0.1, 0.15) is 0 Å². The average molecular weight is 217 g/mol. The van der Waals surface area contributed by atoms with Crippen LogP contribution in [0.4, 0.5) is 5.82 Å². The predicted molar refractivity (Wildman–Crippen MR) is 58.9 cm³/mol. The molecule has 3 aromatic rings. The van der Waals surface area contributed by atoms with Crippen LogP contribution in [0.15, 0.2) is 29.9 Å². The van der Waals surface area contributed by atoms with Gasteiger partial charge in [-0.1, -0.05) is 5.21 Å². The highest BCUT2D eigenvalue weighted by Crippen LogP contribution is 2.20. The standard InChI is InChI=1S/C9H7N5S/c10-9-4-14(13-12-9)6-1-2-7-8(3-6)15-5-11-7/h1-5H,10H2. The highest BCUT2D eigenvalue weighted by atomic mass is 32.1. The van der Waals surface area contributed by atoms with Crippen molar-refractivity contribution in [3.63, 3.8) is 0 Å². The monoisotopic (exact) mass is 217 g/mol. The zero-order valence-corrected chi connectivity index (χ0v) is 8.48. The molecule has 0 amide bonds. The number of fused-ring (bicyclic) bond motifs is 1. The van der Waals surface area contributed by atoms with E-state index >= 15 is 0 Å². The molecule has 0 atom stereocenters. The third kappa shape index (κ3) is 1.35. The Morgan fingerprint density at radius 2 is 2.27 bits per heavy atom. The maximum Gasteiger partial charge on any atom is 0.166 e. The Kier molecular flexibility index (Phi) is 1.69.